The number of fused-ring (bicyclic) bond motifs is 1. The van der Waals surface area contributed by atoms with Gasteiger partial charge in [0.1, 0.15) is 0 Å². The Morgan fingerprint density at radius 2 is 1.67 bits per heavy atom. The molecule has 3 aromatic rings. The number of anilines is 2. The molecule has 0 aliphatic rings. The quantitative estimate of drug-likeness (QED) is 0.631. The number of ether oxygens (including phenoxy) is 1. The van der Waals surface area contributed by atoms with Crippen molar-refractivity contribution in [2.45, 2.75) is 20.0 Å². The lowest BCUT2D eigenvalue weighted by Crippen LogP contribution is -2.30. The van der Waals surface area contributed by atoms with E-state index in [-0.39, 0.29) is 11.5 Å². The highest BCUT2D eigenvalue weighted by Gasteiger charge is 2.22. The predicted molar refractivity (Wildman–Crippen MR) is 113 cm³/mol. The first-order valence-electron chi connectivity index (χ1n) is 9.20. The summed E-state index contributed by atoms with van der Waals surface area (Å²) in [5, 5.41) is 15.8. The third kappa shape index (κ3) is 4.80. The van der Waals surface area contributed by atoms with Crippen molar-refractivity contribution < 1.29 is 19.1 Å². The molecule has 0 aliphatic carbocycles. The zero-order chi connectivity index (χ0) is 21.7. The molecule has 3 aromatic carbocycles. The first-order chi connectivity index (χ1) is 14.4. The van der Waals surface area contributed by atoms with Crippen molar-refractivity contribution in [2.24, 2.45) is 0 Å². The normalized spacial score (nSPS) is 11.2. The minimum absolute atomic E-state index is 0.148. The molecule has 0 heterocycles. The SMILES string of the molecule is CC(=O)Nc1cc2ccccc2cc1C(=O)OC(C)C(=O)Nc1cccc(C#N)c1. The van der Waals surface area contributed by atoms with Gasteiger partial charge in [-0.15, -0.1) is 0 Å². The van der Waals surface area contributed by atoms with E-state index in [1.165, 1.54) is 19.9 Å². The number of amides is 2. The van der Waals surface area contributed by atoms with Crippen LogP contribution in [0.5, 0.6) is 0 Å². The lowest BCUT2D eigenvalue weighted by molar-refractivity contribution is -0.123. The van der Waals surface area contributed by atoms with Crippen LogP contribution in [0, 0.1) is 11.3 Å². The van der Waals surface area contributed by atoms with Gasteiger partial charge in [-0.2, -0.15) is 5.26 Å². The smallest absolute Gasteiger partial charge is 0.341 e. The lowest BCUT2D eigenvalue weighted by Gasteiger charge is -2.16. The molecule has 3 rings (SSSR count). The van der Waals surface area contributed by atoms with Gasteiger partial charge in [0.15, 0.2) is 6.10 Å². The average molecular weight is 401 g/mol. The highest BCUT2D eigenvalue weighted by molar-refractivity contribution is 6.06. The van der Waals surface area contributed by atoms with Crippen LogP contribution in [-0.2, 0) is 14.3 Å². The molecule has 30 heavy (non-hydrogen) atoms. The Morgan fingerprint density at radius 3 is 2.33 bits per heavy atom. The van der Waals surface area contributed by atoms with Crippen LogP contribution in [0.25, 0.3) is 10.8 Å². The van der Waals surface area contributed by atoms with E-state index in [1.807, 2.05) is 30.3 Å². The third-order valence-electron chi connectivity index (χ3n) is 4.33. The Hall–Kier alpha value is -4.18. The molecule has 0 radical (unpaired) electrons. The molecule has 0 fully saturated rings. The number of hydrogen-bond acceptors (Lipinski definition) is 5. The highest BCUT2D eigenvalue weighted by Crippen LogP contribution is 2.25. The molecule has 150 valence electrons. The zero-order valence-electron chi connectivity index (χ0n) is 16.4. The summed E-state index contributed by atoms with van der Waals surface area (Å²) in [6.07, 6.45) is -1.10. The Labute approximate surface area is 173 Å². The Balaban J connectivity index is 1.80. The van der Waals surface area contributed by atoms with Crippen molar-refractivity contribution >= 4 is 39.9 Å². The van der Waals surface area contributed by atoms with Crippen molar-refractivity contribution in [3.05, 3.63) is 71.8 Å². The highest BCUT2D eigenvalue weighted by atomic mass is 16.5. The van der Waals surface area contributed by atoms with Gasteiger partial charge in [0.05, 0.1) is 22.9 Å². The van der Waals surface area contributed by atoms with E-state index in [2.05, 4.69) is 10.6 Å². The molecule has 0 saturated carbocycles. The van der Waals surface area contributed by atoms with Crippen LogP contribution in [0.2, 0.25) is 0 Å². The number of hydrogen-bond donors (Lipinski definition) is 2. The standard InChI is InChI=1S/C23H19N3O4/c1-14(22(28)26-19-9-5-6-16(10-19)13-24)30-23(29)20-11-17-7-3-4-8-18(17)12-21(20)25-15(2)27/h3-12,14H,1-2H3,(H,25,27)(H,26,28). The summed E-state index contributed by atoms with van der Waals surface area (Å²) in [7, 11) is 0. The summed E-state index contributed by atoms with van der Waals surface area (Å²) in [6, 6.07) is 19.1. The maximum Gasteiger partial charge on any atom is 0.341 e. The molecule has 2 amide bonds. The molecule has 7 nitrogen and oxygen atoms in total. The summed E-state index contributed by atoms with van der Waals surface area (Å²) < 4.78 is 5.33. The van der Waals surface area contributed by atoms with Gasteiger partial charge in [-0.05, 0) is 48.0 Å². The minimum Gasteiger partial charge on any atom is -0.449 e. The van der Waals surface area contributed by atoms with Gasteiger partial charge in [0, 0.05) is 12.6 Å². The first-order valence-corrected chi connectivity index (χ1v) is 9.20. The molecule has 7 heteroatoms. The Kier molecular flexibility index (Phi) is 6.08. The number of esters is 1. The van der Waals surface area contributed by atoms with Gasteiger partial charge in [-0.1, -0.05) is 30.3 Å². The van der Waals surface area contributed by atoms with Crippen molar-refractivity contribution in [1.29, 1.82) is 5.26 Å². The van der Waals surface area contributed by atoms with Gasteiger partial charge in [-0.25, -0.2) is 4.79 Å². The summed E-state index contributed by atoms with van der Waals surface area (Å²) >= 11 is 0. The molecule has 0 bridgehead atoms. The number of nitriles is 1. The molecule has 2 N–H and O–H groups in total. The summed E-state index contributed by atoms with van der Waals surface area (Å²) in [6.45, 7) is 2.79. The topological polar surface area (TPSA) is 108 Å². The van der Waals surface area contributed by atoms with Crippen molar-refractivity contribution in [1.82, 2.24) is 0 Å². The van der Waals surface area contributed by atoms with Gasteiger partial charge < -0.3 is 15.4 Å². The summed E-state index contributed by atoms with van der Waals surface area (Å²) in [5.74, 6) is -1.61. The van der Waals surface area contributed by atoms with E-state index >= 15 is 0 Å². The van der Waals surface area contributed by atoms with E-state index < -0.39 is 18.0 Å². The average Bonchev–Trinajstić information content (AvgIpc) is 2.72. The van der Waals surface area contributed by atoms with Crippen LogP contribution < -0.4 is 10.6 Å². The van der Waals surface area contributed by atoms with E-state index in [0.29, 0.717) is 16.9 Å². The number of rotatable bonds is 5. The maximum absolute atomic E-state index is 12.8. The molecule has 0 spiro atoms. The van der Waals surface area contributed by atoms with Crippen LogP contribution >= 0.6 is 0 Å². The van der Waals surface area contributed by atoms with E-state index in [1.54, 1.807) is 30.3 Å². The van der Waals surface area contributed by atoms with Crippen molar-refractivity contribution in [3.63, 3.8) is 0 Å². The van der Waals surface area contributed by atoms with Crippen molar-refractivity contribution in [2.75, 3.05) is 10.6 Å². The van der Waals surface area contributed by atoms with E-state index in [4.69, 9.17) is 10.00 Å². The van der Waals surface area contributed by atoms with Crippen molar-refractivity contribution in [3.8, 4) is 6.07 Å². The number of nitrogens with zero attached hydrogens (tertiary/aromatic N) is 1. The fourth-order valence-electron chi connectivity index (χ4n) is 2.89. The van der Waals surface area contributed by atoms with Crippen LogP contribution in [0.3, 0.4) is 0 Å². The largest absolute Gasteiger partial charge is 0.449 e. The second kappa shape index (κ2) is 8.88. The number of benzene rings is 3. The predicted octanol–water partition coefficient (Wildman–Crippen LogP) is 3.85. The van der Waals surface area contributed by atoms with Gasteiger partial charge in [0.2, 0.25) is 5.91 Å². The monoisotopic (exact) mass is 401 g/mol. The minimum atomic E-state index is -1.10. The molecule has 0 saturated heterocycles. The third-order valence-corrected chi connectivity index (χ3v) is 4.33. The molecular weight excluding hydrogens is 382 g/mol. The number of nitrogens with one attached hydrogen (secondary N) is 2. The maximum atomic E-state index is 12.8. The number of carbonyl (C=O) groups is 3. The molecule has 0 aliphatic heterocycles. The van der Waals surface area contributed by atoms with Gasteiger partial charge in [0.25, 0.3) is 5.91 Å². The van der Waals surface area contributed by atoms with Gasteiger partial charge in [-0.3, -0.25) is 9.59 Å². The Bertz CT molecular complexity index is 1180. The fourth-order valence-corrected chi connectivity index (χ4v) is 2.89. The molecule has 1 unspecified atom stereocenters. The second-order valence-electron chi connectivity index (χ2n) is 6.66. The molecule has 1 atom stereocenters. The fraction of sp³-hybridized carbons (Fsp3) is 0.130. The number of carbonyl (C=O) groups excluding carboxylic acids is 3. The molecule has 0 aromatic heterocycles. The summed E-state index contributed by atoms with van der Waals surface area (Å²) in [5.41, 5.74) is 1.27. The van der Waals surface area contributed by atoms with E-state index in [9.17, 15) is 14.4 Å². The van der Waals surface area contributed by atoms with Crippen LogP contribution in [0.15, 0.2) is 60.7 Å². The lowest BCUT2D eigenvalue weighted by atomic mass is 10.0. The zero-order valence-corrected chi connectivity index (χ0v) is 16.4. The molecular formula is C23H19N3O4. The van der Waals surface area contributed by atoms with E-state index in [0.717, 1.165) is 10.8 Å². The summed E-state index contributed by atoms with van der Waals surface area (Å²) in [4.78, 5) is 36.7. The Morgan fingerprint density at radius 1 is 0.967 bits per heavy atom. The second-order valence-corrected chi connectivity index (χ2v) is 6.66. The van der Waals surface area contributed by atoms with Crippen LogP contribution in [0.4, 0.5) is 11.4 Å². The van der Waals surface area contributed by atoms with Crippen LogP contribution in [-0.4, -0.2) is 23.9 Å². The van der Waals surface area contributed by atoms with Crippen LogP contribution in [0.1, 0.15) is 29.8 Å². The first kappa shape index (κ1) is 20.6. The van der Waals surface area contributed by atoms with Gasteiger partial charge >= 0.3 is 5.97 Å².